The molecule has 0 bridgehead atoms. The number of ether oxygens (including phenoxy) is 4. The Morgan fingerprint density at radius 1 is 0.276 bits per heavy atom. The summed E-state index contributed by atoms with van der Waals surface area (Å²) in [5.74, 6) is -2.16. The van der Waals surface area contributed by atoms with Gasteiger partial charge in [-0.3, -0.25) is 37.3 Å². The molecule has 0 radical (unpaired) electrons. The fourth-order valence-electron chi connectivity index (χ4n) is 11.4. The minimum absolute atomic E-state index is 0.0892. The van der Waals surface area contributed by atoms with Crippen LogP contribution >= 0.6 is 15.6 Å². The van der Waals surface area contributed by atoms with Crippen molar-refractivity contribution in [2.75, 3.05) is 39.6 Å². The van der Waals surface area contributed by atoms with E-state index < -0.39 is 97.5 Å². The number of phosphoric acid groups is 2. The molecule has 17 nitrogen and oxygen atoms in total. The lowest BCUT2D eigenvalue weighted by Gasteiger charge is -2.21. The number of carbonyl (C=O) groups is 4. The van der Waals surface area contributed by atoms with Crippen molar-refractivity contribution in [2.45, 2.75) is 406 Å². The van der Waals surface area contributed by atoms with Crippen LogP contribution in [0.1, 0.15) is 387 Å². The second kappa shape index (κ2) is 72.6. The number of rotatable bonds is 77. The van der Waals surface area contributed by atoms with Crippen LogP contribution in [0.4, 0.5) is 0 Å². The summed E-state index contributed by atoms with van der Waals surface area (Å²) in [6.45, 7) is 4.91. The molecule has 0 aromatic carbocycles. The van der Waals surface area contributed by atoms with Crippen molar-refractivity contribution in [3.8, 4) is 0 Å². The Hall–Kier alpha value is -2.72. The number of hydrogen-bond donors (Lipinski definition) is 3. The summed E-state index contributed by atoms with van der Waals surface area (Å²) in [6.07, 6.45) is 68.3. The summed E-state index contributed by atoms with van der Waals surface area (Å²) >= 11 is 0. The maximum atomic E-state index is 13.1. The number of hydrogen-bond acceptors (Lipinski definition) is 15. The molecule has 0 saturated heterocycles. The molecule has 19 heteroatoms. The molecule has 0 heterocycles. The highest BCUT2D eigenvalue weighted by molar-refractivity contribution is 7.47. The third-order valence-electron chi connectivity index (χ3n) is 17.6. The van der Waals surface area contributed by atoms with E-state index in [1.807, 2.05) is 0 Å². The molecule has 0 spiro atoms. The minimum atomic E-state index is -4.97. The molecule has 2 unspecified atom stereocenters. The monoisotopic (exact) mass is 1430 g/mol. The predicted molar refractivity (Wildman–Crippen MR) is 400 cm³/mol. The lowest BCUT2D eigenvalue weighted by Crippen LogP contribution is -2.30. The predicted octanol–water partition coefficient (Wildman–Crippen LogP) is 23.1. The molecule has 0 aliphatic carbocycles. The van der Waals surface area contributed by atoms with Crippen LogP contribution in [0.15, 0.2) is 36.5 Å². The molecule has 0 aromatic rings. The van der Waals surface area contributed by atoms with Gasteiger partial charge in [0.2, 0.25) is 0 Å². The Bertz CT molecular complexity index is 2000. The van der Waals surface area contributed by atoms with Gasteiger partial charge < -0.3 is 33.8 Å². The van der Waals surface area contributed by atoms with E-state index >= 15 is 0 Å². The van der Waals surface area contributed by atoms with Gasteiger partial charge in [0.25, 0.3) is 0 Å². The first kappa shape index (κ1) is 95.3. The number of carbonyl (C=O) groups excluding carboxylic acids is 4. The van der Waals surface area contributed by atoms with Gasteiger partial charge in [-0.2, -0.15) is 0 Å². The lowest BCUT2D eigenvalue weighted by molar-refractivity contribution is -0.161. The third-order valence-corrected chi connectivity index (χ3v) is 19.5. The van der Waals surface area contributed by atoms with Gasteiger partial charge in [-0.05, 0) is 103 Å². The van der Waals surface area contributed by atoms with E-state index in [1.165, 1.54) is 173 Å². The summed E-state index contributed by atoms with van der Waals surface area (Å²) in [6, 6.07) is 0. The Morgan fingerprint density at radius 3 is 0.714 bits per heavy atom. The van der Waals surface area contributed by atoms with Gasteiger partial charge in [0, 0.05) is 25.7 Å². The maximum Gasteiger partial charge on any atom is 0.472 e. The highest BCUT2D eigenvalue weighted by Gasteiger charge is 2.30. The van der Waals surface area contributed by atoms with Gasteiger partial charge in [0.05, 0.1) is 26.4 Å². The SMILES string of the molecule is CCCCCC/C=C\CCCCCCCC(=O)O[C@H](COC(=O)CCCCCCC/C=C\CCCCCCCC)COP(=O)(O)OC[C@@H](O)COP(=O)(O)OC[C@@H](COC(=O)CCCCCCCCCCCCCCCCC)OC(=O)CCCCCCC/C=C\CCCCCCCC. The average molecular weight is 1430 g/mol. The first-order valence-corrected chi connectivity index (χ1v) is 43.2. The van der Waals surface area contributed by atoms with Crippen LogP contribution in [0.5, 0.6) is 0 Å². The number of aliphatic hydroxyl groups is 1. The first-order chi connectivity index (χ1) is 47.7. The molecule has 0 amide bonds. The van der Waals surface area contributed by atoms with Crippen LogP contribution < -0.4 is 0 Å². The normalized spacial score (nSPS) is 14.1. The fourth-order valence-corrected chi connectivity index (χ4v) is 13.0. The molecular weight excluding hydrogens is 1280 g/mol. The van der Waals surface area contributed by atoms with E-state index in [-0.39, 0.29) is 25.7 Å². The topological polar surface area (TPSA) is 237 Å². The zero-order chi connectivity index (χ0) is 71.8. The molecule has 0 aliphatic heterocycles. The summed E-state index contributed by atoms with van der Waals surface area (Å²) in [5.41, 5.74) is 0. The minimum Gasteiger partial charge on any atom is -0.462 e. The van der Waals surface area contributed by atoms with Gasteiger partial charge in [-0.1, -0.05) is 295 Å². The maximum absolute atomic E-state index is 13.1. The van der Waals surface area contributed by atoms with Crippen LogP contribution in [0.25, 0.3) is 0 Å². The number of phosphoric ester groups is 2. The van der Waals surface area contributed by atoms with Gasteiger partial charge in [-0.15, -0.1) is 0 Å². The molecule has 0 saturated carbocycles. The van der Waals surface area contributed by atoms with E-state index in [0.29, 0.717) is 25.7 Å². The number of aliphatic hydroxyl groups excluding tert-OH is 1. The van der Waals surface area contributed by atoms with Crippen molar-refractivity contribution >= 4 is 39.5 Å². The molecule has 98 heavy (non-hydrogen) atoms. The Morgan fingerprint density at radius 2 is 0.469 bits per heavy atom. The third kappa shape index (κ3) is 71.7. The molecule has 0 aromatic heterocycles. The van der Waals surface area contributed by atoms with E-state index in [4.69, 9.17) is 37.0 Å². The lowest BCUT2D eigenvalue weighted by atomic mass is 10.0. The summed E-state index contributed by atoms with van der Waals surface area (Å²) in [5, 5.41) is 10.6. The Labute approximate surface area is 598 Å². The zero-order valence-electron chi connectivity index (χ0n) is 63.0. The van der Waals surface area contributed by atoms with Crippen LogP contribution in [0.2, 0.25) is 0 Å². The fraction of sp³-hybridized carbons (Fsp3) is 0.873. The molecule has 3 N–H and O–H groups in total. The number of unbranched alkanes of at least 4 members (excludes halogenated alkanes) is 45. The van der Waals surface area contributed by atoms with E-state index in [1.54, 1.807) is 0 Å². The number of allylic oxidation sites excluding steroid dienone is 6. The largest absolute Gasteiger partial charge is 0.472 e. The second-order valence-corrected chi connectivity index (χ2v) is 30.3. The smallest absolute Gasteiger partial charge is 0.462 e. The standard InChI is InChI=1S/C79H148O17P2/c1-5-9-13-17-21-25-29-33-36-40-43-47-51-55-59-63-76(81)89-69-74(95-78(83)65-61-57-53-49-45-39-32-28-24-20-16-12-8-4)71-93-97(85,86)91-67-73(80)68-92-98(87,88)94-72-75(96-79(84)66-62-58-54-50-46-42-38-35-31-27-23-19-15-11-7-3)70-90-77(82)64-60-56-52-48-44-41-37-34-30-26-22-18-14-10-6-2/h28,32-33,35-36,38,73-75,80H,5-27,29-31,34,37,39-72H2,1-4H3,(H,85,86)(H,87,88)/b32-28-,36-33-,38-35-/t73-,74-,75-/m1/s1. The van der Waals surface area contributed by atoms with Gasteiger partial charge in [-0.25, -0.2) is 9.13 Å². The molecule has 0 rings (SSSR count). The quantitative estimate of drug-likeness (QED) is 0.0169. The molecule has 5 atom stereocenters. The summed E-state index contributed by atoms with van der Waals surface area (Å²) < 4.78 is 68.6. The molecular formula is C79H148O17P2. The van der Waals surface area contributed by atoms with Crippen LogP contribution in [-0.2, 0) is 65.4 Å². The Balaban J connectivity index is 5.31. The Kier molecular flexibility index (Phi) is 70.6. The van der Waals surface area contributed by atoms with E-state index in [0.717, 1.165) is 135 Å². The van der Waals surface area contributed by atoms with Gasteiger partial charge >= 0.3 is 39.5 Å². The summed E-state index contributed by atoms with van der Waals surface area (Å²) in [7, 11) is -9.94. The van der Waals surface area contributed by atoms with Crippen molar-refractivity contribution < 1.29 is 80.2 Å². The average Bonchev–Trinajstić information content (AvgIpc) is 1.07. The first-order valence-electron chi connectivity index (χ1n) is 40.2. The highest BCUT2D eigenvalue weighted by atomic mass is 31.2. The van der Waals surface area contributed by atoms with Crippen molar-refractivity contribution in [1.82, 2.24) is 0 Å². The second-order valence-electron chi connectivity index (χ2n) is 27.4. The van der Waals surface area contributed by atoms with Crippen molar-refractivity contribution in [1.29, 1.82) is 0 Å². The summed E-state index contributed by atoms with van der Waals surface area (Å²) in [4.78, 5) is 72.9. The molecule has 0 aliphatic rings. The van der Waals surface area contributed by atoms with Gasteiger partial charge in [0.1, 0.15) is 19.3 Å². The van der Waals surface area contributed by atoms with Crippen LogP contribution in [0.3, 0.4) is 0 Å². The van der Waals surface area contributed by atoms with Crippen molar-refractivity contribution in [2.24, 2.45) is 0 Å². The van der Waals surface area contributed by atoms with E-state index in [9.17, 15) is 43.2 Å². The van der Waals surface area contributed by atoms with E-state index in [2.05, 4.69) is 64.2 Å². The molecule has 576 valence electrons. The number of esters is 4. The van der Waals surface area contributed by atoms with Crippen molar-refractivity contribution in [3.63, 3.8) is 0 Å². The van der Waals surface area contributed by atoms with Crippen LogP contribution in [0, 0.1) is 0 Å². The zero-order valence-corrected chi connectivity index (χ0v) is 64.8. The highest BCUT2D eigenvalue weighted by Crippen LogP contribution is 2.45. The van der Waals surface area contributed by atoms with Gasteiger partial charge in [0.15, 0.2) is 12.2 Å². The van der Waals surface area contributed by atoms with Crippen LogP contribution in [-0.4, -0.2) is 96.7 Å². The molecule has 0 fully saturated rings. The van der Waals surface area contributed by atoms with Crippen molar-refractivity contribution in [3.05, 3.63) is 36.5 Å².